The standard InChI is InChI=1S/C17H19BrFNO/c1-11-6-13(9-20-3)7-12(2)17(11)21-10-14-4-5-15(19)8-16(14)18/h4-8,20H,9-10H2,1-3H3. The van der Waals surface area contributed by atoms with Gasteiger partial charge in [-0.1, -0.05) is 34.1 Å². The van der Waals surface area contributed by atoms with Gasteiger partial charge in [0.15, 0.2) is 0 Å². The van der Waals surface area contributed by atoms with Gasteiger partial charge < -0.3 is 10.1 Å². The highest BCUT2D eigenvalue weighted by molar-refractivity contribution is 9.10. The largest absolute Gasteiger partial charge is 0.488 e. The molecule has 4 heteroatoms. The molecule has 0 fully saturated rings. The summed E-state index contributed by atoms with van der Waals surface area (Å²) in [5.41, 5.74) is 4.38. The molecule has 0 aromatic heterocycles. The van der Waals surface area contributed by atoms with Gasteiger partial charge in [0.1, 0.15) is 18.2 Å². The highest BCUT2D eigenvalue weighted by atomic mass is 79.9. The minimum atomic E-state index is -0.255. The Morgan fingerprint density at radius 1 is 1.14 bits per heavy atom. The molecular formula is C17H19BrFNO. The van der Waals surface area contributed by atoms with Crippen molar-refractivity contribution in [3.8, 4) is 5.75 Å². The van der Waals surface area contributed by atoms with Crippen molar-refractivity contribution in [2.24, 2.45) is 0 Å². The normalized spacial score (nSPS) is 10.7. The molecule has 21 heavy (non-hydrogen) atoms. The number of rotatable bonds is 5. The third kappa shape index (κ3) is 4.05. The van der Waals surface area contributed by atoms with Crippen LogP contribution in [0.25, 0.3) is 0 Å². The van der Waals surface area contributed by atoms with Crippen molar-refractivity contribution in [3.63, 3.8) is 0 Å². The van der Waals surface area contributed by atoms with Crippen LogP contribution in [0.2, 0.25) is 0 Å². The fraction of sp³-hybridized carbons (Fsp3) is 0.294. The predicted octanol–water partition coefficient (Wildman–Crippen LogP) is 4.50. The summed E-state index contributed by atoms with van der Waals surface area (Å²) in [7, 11) is 1.93. The van der Waals surface area contributed by atoms with E-state index in [-0.39, 0.29) is 5.82 Å². The number of halogens is 2. The van der Waals surface area contributed by atoms with Crippen molar-refractivity contribution in [3.05, 3.63) is 62.9 Å². The zero-order valence-electron chi connectivity index (χ0n) is 12.5. The van der Waals surface area contributed by atoms with Crippen LogP contribution in [0.3, 0.4) is 0 Å². The van der Waals surface area contributed by atoms with Crippen molar-refractivity contribution in [1.29, 1.82) is 0 Å². The second-order valence-electron chi connectivity index (χ2n) is 5.11. The maximum atomic E-state index is 13.1. The second-order valence-corrected chi connectivity index (χ2v) is 5.97. The summed E-state index contributed by atoms with van der Waals surface area (Å²) in [5, 5.41) is 3.15. The molecule has 0 aliphatic rings. The zero-order chi connectivity index (χ0) is 15.4. The summed E-state index contributed by atoms with van der Waals surface area (Å²) < 4.78 is 19.7. The smallest absolute Gasteiger partial charge is 0.125 e. The van der Waals surface area contributed by atoms with E-state index in [1.165, 1.54) is 17.7 Å². The average molecular weight is 352 g/mol. The molecule has 0 atom stereocenters. The molecule has 0 aliphatic heterocycles. The topological polar surface area (TPSA) is 21.3 Å². The molecule has 112 valence electrons. The molecule has 0 bridgehead atoms. The summed E-state index contributed by atoms with van der Waals surface area (Å²) in [5.74, 6) is 0.639. The predicted molar refractivity (Wildman–Crippen MR) is 87.1 cm³/mol. The molecular weight excluding hydrogens is 333 g/mol. The van der Waals surface area contributed by atoms with Crippen molar-refractivity contribution in [1.82, 2.24) is 5.32 Å². The number of ether oxygens (including phenoxy) is 1. The van der Waals surface area contributed by atoms with Crippen LogP contribution >= 0.6 is 15.9 Å². The monoisotopic (exact) mass is 351 g/mol. The summed E-state index contributed by atoms with van der Waals surface area (Å²) in [6, 6.07) is 8.88. The first-order valence-corrected chi connectivity index (χ1v) is 7.62. The van der Waals surface area contributed by atoms with Gasteiger partial charge in [-0.3, -0.25) is 0 Å². The van der Waals surface area contributed by atoms with Crippen LogP contribution in [0.1, 0.15) is 22.3 Å². The molecule has 2 aromatic rings. The van der Waals surface area contributed by atoms with Gasteiger partial charge in [0, 0.05) is 16.6 Å². The highest BCUT2D eigenvalue weighted by Gasteiger charge is 2.08. The van der Waals surface area contributed by atoms with Crippen LogP contribution in [-0.2, 0) is 13.2 Å². The maximum absolute atomic E-state index is 13.1. The first kappa shape index (κ1) is 16.0. The molecule has 0 heterocycles. The molecule has 0 unspecified atom stereocenters. The van der Waals surface area contributed by atoms with E-state index in [0.29, 0.717) is 6.61 Å². The molecule has 1 N–H and O–H groups in total. The molecule has 0 saturated carbocycles. The van der Waals surface area contributed by atoms with Gasteiger partial charge in [0.05, 0.1) is 0 Å². The first-order valence-electron chi connectivity index (χ1n) is 6.82. The third-order valence-electron chi connectivity index (χ3n) is 3.29. The molecule has 0 aliphatic carbocycles. The molecule has 0 radical (unpaired) electrons. The Morgan fingerprint density at radius 2 is 1.81 bits per heavy atom. The van der Waals surface area contributed by atoms with Gasteiger partial charge >= 0.3 is 0 Å². The first-order chi connectivity index (χ1) is 10.0. The van der Waals surface area contributed by atoms with Crippen molar-refractivity contribution in [2.75, 3.05) is 7.05 Å². The van der Waals surface area contributed by atoms with E-state index in [0.717, 1.165) is 33.5 Å². The minimum Gasteiger partial charge on any atom is -0.488 e. The summed E-state index contributed by atoms with van der Waals surface area (Å²) in [6.07, 6.45) is 0. The molecule has 0 saturated heterocycles. The van der Waals surface area contributed by atoms with Gasteiger partial charge in [-0.2, -0.15) is 0 Å². The lowest BCUT2D eigenvalue weighted by Gasteiger charge is -2.15. The highest BCUT2D eigenvalue weighted by Crippen LogP contribution is 2.27. The van der Waals surface area contributed by atoms with Crippen molar-refractivity contribution >= 4 is 15.9 Å². The Labute approximate surface area is 133 Å². The Morgan fingerprint density at radius 3 is 2.38 bits per heavy atom. The van der Waals surface area contributed by atoms with Gasteiger partial charge in [-0.05, 0) is 49.7 Å². The third-order valence-corrected chi connectivity index (χ3v) is 4.03. The Bertz CT molecular complexity index is 620. The fourth-order valence-corrected chi connectivity index (χ4v) is 2.83. The van der Waals surface area contributed by atoms with Crippen molar-refractivity contribution < 1.29 is 9.13 Å². The molecule has 2 rings (SSSR count). The molecule has 2 aromatic carbocycles. The average Bonchev–Trinajstić information content (AvgIpc) is 2.40. The Kier molecular flexibility index (Phi) is 5.37. The van der Waals surface area contributed by atoms with Crippen LogP contribution in [0.5, 0.6) is 5.75 Å². The van der Waals surface area contributed by atoms with E-state index < -0.39 is 0 Å². The lowest BCUT2D eigenvalue weighted by Crippen LogP contribution is -2.07. The summed E-state index contributed by atoms with van der Waals surface area (Å²) in [4.78, 5) is 0. The minimum absolute atomic E-state index is 0.255. The van der Waals surface area contributed by atoms with E-state index in [1.54, 1.807) is 6.07 Å². The van der Waals surface area contributed by atoms with Crippen LogP contribution in [0, 0.1) is 19.7 Å². The number of hydrogen-bond donors (Lipinski definition) is 1. The van der Waals surface area contributed by atoms with Crippen LogP contribution in [0.15, 0.2) is 34.8 Å². The van der Waals surface area contributed by atoms with E-state index in [9.17, 15) is 4.39 Å². The van der Waals surface area contributed by atoms with E-state index in [2.05, 4.69) is 33.4 Å². The fourth-order valence-electron chi connectivity index (χ4n) is 2.36. The SMILES string of the molecule is CNCc1cc(C)c(OCc2ccc(F)cc2Br)c(C)c1. The van der Waals surface area contributed by atoms with Crippen molar-refractivity contribution in [2.45, 2.75) is 27.0 Å². The van der Waals surface area contributed by atoms with Crippen LogP contribution in [-0.4, -0.2) is 7.05 Å². The molecule has 0 spiro atoms. The number of nitrogens with one attached hydrogen (secondary N) is 1. The van der Waals surface area contributed by atoms with E-state index in [1.807, 2.05) is 20.9 Å². The van der Waals surface area contributed by atoms with Crippen LogP contribution < -0.4 is 10.1 Å². The van der Waals surface area contributed by atoms with Gasteiger partial charge in [-0.25, -0.2) is 4.39 Å². The quantitative estimate of drug-likeness (QED) is 0.855. The summed E-state index contributed by atoms with van der Waals surface area (Å²) >= 11 is 3.36. The van der Waals surface area contributed by atoms with E-state index >= 15 is 0 Å². The van der Waals surface area contributed by atoms with E-state index in [4.69, 9.17) is 4.74 Å². The number of aryl methyl sites for hydroxylation is 2. The van der Waals surface area contributed by atoms with Crippen LogP contribution in [0.4, 0.5) is 4.39 Å². The Balaban J connectivity index is 2.16. The molecule has 0 amide bonds. The summed E-state index contributed by atoms with van der Waals surface area (Å²) in [6.45, 7) is 5.34. The Hall–Kier alpha value is -1.39. The number of hydrogen-bond acceptors (Lipinski definition) is 2. The van der Waals surface area contributed by atoms with Gasteiger partial charge in [0.25, 0.3) is 0 Å². The van der Waals surface area contributed by atoms with Gasteiger partial charge in [-0.15, -0.1) is 0 Å². The lowest BCUT2D eigenvalue weighted by atomic mass is 10.1. The number of benzene rings is 2. The zero-order valence-corrected chi connectivity index (χ0v) is 14.1. The maximum Gasteiger partial charge on any atom is 0.125 e. The van der Waals surface area contributed by atoms with Gasteiger partial charge in [0.2, 0.25) is 0 Å². The lowest BCUT2D eigenvalue weighted by molar-refractivity contribution is 0.301. The second kappa shape index (κ2) is 7.05. The molecule has 2 nitrogen and oxygen atoms in total.